The fourth-order valence-electron chi connectivity index (χ4n) is 5.91. The molecule has 1 aromatic rings. The molecule has 30 heavy (non-hydrogen) atoms. The van der Waals surface area contributed by atoms with Gasteiger partial charge >= 0.3 is 0 Å². The molecule has 160 valence electrons. The molecule has 5 rings (SSSR count). The van der Waals surface area contributed by atoms with Gasteiger partial charge in [-0.15, -0.1) is 0 Å². The first kappa shape index (κ1) is 19.6. The molecule has 3 saturated heterocycles. The predicted octanol–water partition coefficient (Wildman–Crippen LogP) is 2.17. The number of benzene rings is 1. The lowest BCUT2D eigenvalue weighted by Gasteiger charge is -2.56. The van der Waals surface area contributed by atoms with Gasteiger partial charge in [0.25, 0.3) is 0 Å². The summed E-state index contributed by atoms with van der Waals surface area (Å²) in [5.41, 5.74) is 0. The van der Waals surface area contributed by atoms with E-state index in [9.17, 15) is 9.59 Å². The van der Waals surface area contributed by atoms with E-state index in [0.717, 1.165) is 44.6 Å². The summed E-state index contributed by atoms with van der Waals surface area (Å²) in [5, 5.41) is 0. The highest BCUT2D eigenvalue weighted by Crippen LogP contribution is 2.42. The fourth-order valence-corrected chi connectivity index (χ4v) is 5.91. The molecule has 2 bridgehead atoms. The molecule has 4 atom stereocenters. The van der Waals surface area contributed by atoms with Crippen molar-refractivity contribution >= 4 is 11.8 Å². The van der Waals surface area contributed by atoms with Crippen LogP contribution in [0.25, 0.3) is 0 Å². The maximum atomic E-state index is 13.5. The van der Waals surface area contributed by atoms with Crippen LogP contribution in [0.15, 0.2) is 42.5 Å². The SMILES string of the molecule is O=C([C@H]1[C@H]2C[C@H](CN(CCOc3ccccc3)C2)[C@@H]2CCCC(=O)N21)N1CC=CC1. The zero-order chi connectivity index (χ0) is 20.5. The smallest absolute Gasteiger partial charge is 0.246 e. The Balaban J connectivity index is 1.30. The molecule has 0 radical (unpaired) electrons. The Bertz CT molecular complexity index is 803. The normalized spacial score (nSPS) is 31.0. The number of carbonyl (C=O) groups excluding carboxylic acids is 2. The van der Waals surface area contributed by atoms with Crippen molar-refractivity contribution < 1.29 is 14.3 Å². The van der Waals surface area contributed by atoms with Crippen LogP contribution in [0.2, 0.25) is 0 Å². The van der Waals surface area contributed by atoms with Crippen LogP contribution in [0.3, 0.4) is 0 Å². The molecule has 6 nitrogen and oxygen atoms in total. The first-order chi connectivity index (χ1) is 14.7. The molecule has 0 N–H and O–H groups in total. The number of hydrogen-bond donors (Lipinski definition) is 0. The van der Waals surface area contributed by atoms with E-state index in [1.54, 1.807) is 0 Å². The highest BCUT2D eigenvalue weighted by atomic mass is 16.5. The number of para-hydroxylation sites is 1. The summed E-state index contributed by atoms with van der Waals surface area (Å²) in [6.07, 6.45) is 7.72. The molecule has 2 amide bonds. The Morgan fingerprint density at radius 2 is 1.83 bits per heavy atom. The van der Waals surface area contributed by atoms with Crippen molar-refractivity contribution in [2.45, 2.75) is 37.8 Å². The Kier molecular flexibility index (Phi) is 5.50. The van der Waals surface area contributed by atoms with Crippen molar-refractivity contribution in [1.82, 2.24) is 14.7 Å². The summed E-state index contributed by atoms with van der Waals surface area (Å²) >= 11 is 0. The molecule has 4 aliphatic heterocycles. The number of fused-ring (bicyclic) bond motifs is 4. The van der Waals surface area contributed by atoms with E-state index in [1.807, 2.05) is 52.3 Å². The molecule has 6 heteroatoms. The minimum Gasteiger partial charge on any atom is -0.492 e. The van der Waals surface area contributed by atoms with Gasteiger partial charge in [-0.1, -0.05) is 30.4 Å². The molecule has 0 unspecified atom stereocenters. The Morgan fingerprint density at radius 3 is 2.63 bits per heavy atom. The summed E-state index contributed by atoms with van der Waals surface area (Å²) in [6.45, 7) is 4.71. The zero-order valence-electron chi connectivity index (χ0n) is 17.5. The van der Waals surface area contributed by atoms with Gasteiger partial charge < -0.3 is 14.5 Å². The van der Waals surface area contributed by atoms with Crippen molar-refractivity contribution in [3.63, 3.8) is 0 Å². The highest BCUT2D eigenvalue weighted by Gasteiger charge is 2.52. The molecule has 1 aromatic carbocycles. The second kappa shape index (κ2) is 8.42. The van der Waals surface area contributed by atoms with E-state index < -0.39 is 0 Å². The van der Waals surface area contributed by atoms with E-state index in [-0.39, 0.29) is 29.8 Å². The van der Waals surface area contributed by atoms with E-state index >= 15 is 0 Å². The van der Waals surface area contributed by atoms with Crippen LogP contribution in [-0.4, -0.2) is 77.9 Å². The number of ether oxygens (including phenoxy) is 1. The summed E-state index contributed by atoms with van der Waals surface area (Å²) in [7, 11) is 0. The third-order valence-corrected chi connectivity index (χ3v) is 7.22. The van der Waals surface area contributed by atoms with Crippen LogP contribution in [-0.2, 0) is 9.59 Å². The molecule has 0 aliphatic carbocycles. The van der Waals surface area contributed by atoms with Crippen molar-refractivity contribution in [3.05, 3.63) is 42.5 Å². The quantitative estimate of drug-likeness (QED) is 0.700. The number of likely N-dealkylation sites (tertiary alicyclic amines) is 1. The van der Waals surface area contributed by atoms with Crippen LogP contribution in [0, 0.1) is 11.8 Å². The molecule has 0 spiro atoms. The van der Waals surface area contributed by atoms with Crippen molar-refractivity contribution in [3.8, 4) is 5.75 Å². The molecular weight excluding hydrogens is 378 g/mol. The summed E-state index contributed by atoms with van der Waals surface area (Å²) in [6, 6.07) is 9.84. The summed E-state index contributed by atoms with van der Waals surface area (Å²) < 4.78 is 5.92. The minimum atomic E-state index is -0.295. The van der Waals surface area contributed by atoms with Gasteiger partial charge in [-0.25, -0.2) is 0 Å². The largest absolute Gasteiger partial charge is 0.492 e. The molecule has 0 aromatic heterocycles. The topological polar surface area (TPSA) is 53.1 Å². The minimum absolute atomic E-state index is 0.145. The average molecular weight is 410 g/mol. The number of hydrogen-bond acceptors (Lipinski definition) is 4. The lowest BCUT2D eigenvalue weighted by atomic mass is 9.71. The van der Waals surface area contributed by atoms with Crippen LogP contribution in [0.4, 0.5) is 0 Å². The summed E-state index contributed by atoms with van der Waals surface area (Å²) in [5.74, 6) is 1.91. The van der Waals surface area contributed by atoms with Crippen LogP contribution in [0.5, 0.6) is 5.75 Å². The van der Waals surface area contributed by atoms with Gasteiger partial charge in [-0.2, -0.15) is 0 Å². The lowest BCUT2D eigenvalue weighted by molar-refractivity contribution is -0.164. The van der Waals surface area contributed by atoms with Gasteiger partial charge in [0.1, 0.15) is 18.4 Å². The first-order valence-corrected chi connectivity index (χ1v) is 11.4. The molecule has 4 heterocycles. The van der Waals surface area contributed by atoms with Crippen LogP contribution < -0.4 is 4.74 Å². The zero-order valence-corrected chi connectivity index (χ0v) is 17.5. The second-order valence-electron chi connectivity index (χ2n) is 9.10. The first-order valence-electron chi connectivity index (χ1n) is 11.4. The third-order valence-electron chi connectivity index (χ3n) is 7.22. The molecule has 0 saturated carbocycles. The maximum Gasteiger partial charge on any atom is 0.246 e. The Morgan fingerprint density at radius 1 is 1.07 bits per heavy atom. The number of rotatable bonds is 5. The van der Waals surface area contributed by atoms with E-state index in [0.29, 0.717) is 32.0 Å². The van der Waals surface area contributed by atoms with E-state index in [4.69, 9.17) is 4.74 Å². The average Bonchev–Trinajstić information content (AvgIpc) is 3.30. The van der Waals surface area contributed by atoms with Crippen molar-refractivity contribution in [1.29, 1.82) is 0 Å². The monoisotopic (exact) mass is 409 g/mol. The van der Waals surface area contributed by atoms with Gasteiger partial charge in [-0.05, 0) is 37.3 Å². The molecule has 3 fully saturated rings. The molecule has 4 aliphatic rings. The van der Waals surface area contributed by atoms with E-state index in [2.05, 4.69) is 4.90 Å². The van der Waals surface area contributed by atoms with Gasteiger partial charge in [0.05, 0.1) is 0 Å². The van der Waals surface area contributed by atoms with Crippen molar-refractivity contribution in [2.75, 3.05) is 39.3 Å². The summed E-state index contributed by atoms with van der Waals surface area (Å²) in [4.78, 5) is 32.7. The third kappa shape index (κ3) is 3.73. The highest BCUT2D eigenvalue weighted by molar-refractivity contribution is 5.89. The van der Waals surface area contributed by atoms with Crippen LogP contribution in [0.1, 0.15) is 25.7 Å². The number of nitrogens with zero attached hydrogens (tertiary/aromatic N) is 3. The molecular formula is C24H31N3O3. The lowest BCUT2D eigenvalue weighted by Crippen LogP contribution is -2.68. The Hall–Kier alpha value is -2.34. The van der Waals surface area contributed by atoms with Gasteiger partial charge in [0.2, 0.25) is 11.8 Å². The maximum absolute atomic E-state index is 13.5. The Labute approximate surface area is 178 Å². The van der Waals surface area contributed by atoms with Gasteiger partial charge in [0.15, 0.2) is 0 Å². The van der Waals surface area contributed by atoms with Gasteiger partial charge in [0, 0.05) is 51.1 Å². The number of piperidine rings is 3. The van der Waals surface area contributed by atoms with E-state index in [1.165, 1.54) is 0 Å². The second-order valence-corrected chi connectivity index (χ2v) is 9.10. The van der Waals surface area contributed by atoms with Crippen LogP contribution >= 0.6 is 0 Å². The fraction of sp³-hybridized carbons (Fsp3) is 0.583. The number of amides is 2. The standard InChI is InChI=1S/C24H31N3O3/c28-22-10-6-9-21-18-15-19(23(27(21)22)24(29)26-11-4-5-12-26)17-25(16-18)13-14-30-20-7-2-1-3-8-20/h1-5,7-8,18-19,21,23H,6,9-17H2/t18-,19+,21+,23-/m1/s1. The van der Waals surface area contributed by atoms with Crippen molar-refractivity contribution in [2.24, 2.45) is 11.8 Å². The van der Waals surface area contributed by atoms with Gasteiger partial charge in [-0.3, -0.25) is 14.5 Å². The number of carbonyl (C=O) groups is 2. The predicted molar refractivity (Wildman–Crippen MR) is 114 cm³/mol.